The lowest BCUT2D eigenvalue weighted by Gasteiger charge is -2.29. The number of aromatic hydroxyl groups is 1. The first kappa shape index (κ1) is 110. The zero-order valence-corrected chi connectivity index (χ0v) is 75.4. The van der Waals surface area contributed by atoms with Gasteiger partial charge in [0.2, 0.25) is 94.5 Å². The third-order valence-electron chi connectivity index (χ3n) is 20.7. The quantitative estimate of drug-likeness (QED) is 0.00744. The number of carbonyl (C=O) groups is 20. The predicted molar refractivity (Wildman–Crippen MR) is 483 cm³/mol. The first-order valence-electron chi connectivity index (χ1n) is 42.2. The maximum absolute atomic E-state index is 15.1. The minimum absolute atomic E-state index is 0.0921. The van der Waals surface area contributed by atoms with Crippen molar-refractivity contribution in [1.29, 1.82) is 5.41 Å². The van der Waals surface area contributed by atoms with Crippen molar-refractivity contribution in [2.75, 3.05) is 50.9 Å². The van der Waals surface area contributed by atoms with E-state index in [2.05, 4.69) is 126 Å². The number of aliphatic hydroxyl groups excluding tert-OH is 2. The minimum atomic E-state index is -2.10. The van der Waals surface area contributed by atoms with E-state index in [-0.39, 0.29) is 49.5 Å². The average molecular weight is 1920 g/mol. The second-order valence-electron chi connectivity index (χ2n) is 31.4. The molecule has 0 bridgehead atoms. The summed E-state index contributed by atoms with van der Waals surface area (Å²) in [4.78, 5) is 276. The summed E-state index contributed by atoms with van der Waals surface area (Å²) in [5, 5.41) is 118. The van der Waals surface area contributed by atoms with Crippen molar-refractivity contribution in [3.05, 3.63) is 102 Å². The molecule has 16 amide bonds. The van der Waals surface area contributed by atoms with Crippen molar-refractivity contribution in [1.82, 2.24) is 100 Å². The number of aliphatic carboxylic acids is 4. The van der Waals surface area contributed by atoms with Crippen molar-refractivity contribution >= 4 is 171 Å². The van der Waals surface area contributed by atoms with Gasteiger partial charge in [-0.2, -0.15) is 25.3 Å². The van der Waals surface area contributed by atoms with E-state index >= 15 is 4.79 Å². The molecular weight excluding hydrogens is 1800 g/mol. The number of benzene rings is 3. The number of fused-ring (bicyclic) bond motifs is 2. The van der Waals surface area contributed by atoms with Gasteiger partial charge in [0, 0.05) is 84.4 Å². The number of aromatic amines is 2. The molecule has 0 saturated carbocycles. The number of phenolic OH excluding ortho intramolecular Hbond substituents is 1. The van der Waals surface area contributed by atoms with Crippen molar-refractivity contribution in [2.45, 2.75) is 190 Å². The summed E-state index contributed by atoms with van der Waals surface area (Å²) in [5.41, 5.74) is 13.0. The molecule has 0 aliphatic heterocycles. The number of carboxylic acids is 4. The summed E-state index contributed by atoms with van der Waals surface area (Å²) >= 11 is 8.38. The number of thiol groups is 2. The number of guanidine groups is 1. The Morgan fingerprint density at radius 2 is 0.776 bits per heavy atom. The number of carbonyl (C=O) groups excluding carboxylic acids is 16. The molecule has 5 rings (SSSR count). The third kappa shape index (κ3) is 36.5. The molecule has 0 aliphatic rings. The smallest absolute Gasteiger partial charge is 0.326 e. The van der Waals surface area contributed by atoms with Crippen molar-refractivity contribution in [3.8, 4) is 5.75 Å². The molecule has 3 aromatic carbocycles. The third-order valence-corrected chi connectivity index (χ3v) is 21.4. The average Bonchev–Trinajstić information content (AvgIpc) is 1.67. The maximum Gasteiger partial charge on any atom is 0.326 e. The number of hydrogen-bond donors (Lipinski definition) is 31. The molecule has 51 heteroatoms. The molecule has 0 unspecified atom stereocenters. The number of phenols is 1. The Morgan fingerprint density at radius 1 is 0.403 bits per heavy atom. The van der Waals surface area contributed by atoms with Gasteiger partial charge >= 0.3 is 23.9 Å². The van der Waals surface area contributed by atoms with Gasteiger partial charge in [0.15, 0.2) is 5.96 Å². The van der Waals surface area contributed by atoms with Crippen LogP contribution in [0.4, 0.5) is 0 Å². The van der Waals surface area contributed by atoms with E-state index in [1.54, 1.807) is 55.5 Å². The number of para-hydroxylation sites is 2. The van der Waals surface area contributed by atoms with Crippen LogP contribution in [0.5, 0.6) is 5.75 Å². The molecule has 5 aromatic rings. The van der Waals surface area contributed by atoms with Crippen molar-refractivity contribution in [2.24, 2.45) is 23.3 Å². The highest BCUT2D eigenvalue weighted by Crippen LogP contribution is 2.23. The van der Waals surface area contributed by atoms with E-state index in [1.807, 2.05) is 0 Å². The highest BCUT2D eigenvalue weighted by molar-refractivity contribution is 7.80. The van der Waals surface area contributed by atoms with Crippen LogP contribution in [-0.2, 0) is 115 Å². The van der Waals surface area contributed by atoms with E-state index in [1.165, 1.54) is 64.4 Å². The lowest BCUT2D eigenvalue weighted by Crippen LogP contribution is -2.62. The summed E-state index contributed by atoms with van der Waals surface area (Å²) < 4.78 is 0. The van der Waals surface area contributed by atoms with Gasteiger partial charge in [-0.1, -0.05) is 82.6 Å². The first-order chi connectivity index (χ1) is 63.4. The van der Waals surface area contributed by atoms with Gasteiger partial charge in [-0.05, 0) is 85.4 Å². The standard InChI is InChI=1S/C83H116N22O27S2/c1-6-40(4)68(81(130)96-51(22-24-65(114)115)71(120)90-32-61(109)93-52(82(131)132)16-11-25-87-83(85)86)105-76(125)53(26-42-17-19-45(108)20-18-42)97-77(126)57(35-106)94-62(110)33-92-72(121)59(37-133)102-75(124)56(29-66(116)117)100-74(123)54(27-43-30-88-48-14-9-7-12-46(43)48)98-73(122)55(28-44-31-89-49-15-10-8-13-47(44)49)99-78(127)58(36-107)101-79(128)60(38-134)103-80(129)67(39(2)3)104-63(111)34-91-70(119)50(21-23-64(112)113)95-69(118)41(5)84/h7-10,12-15,17-20,30-31,39-41,50-60,67-68,88-89,106-108,133-134H,6,11,16,21-29,32-38,84H2,1-5H3,(H,90,120)(H,91,119)(H,92,121)(H,93,109)(H,94,110)(H,95,118)(H,96,130)(H,97,126)(H,98,122)(H,99,127)(H,100,123)(H,101,128)(H,102,124)(H,103,129)(H,104,111)(H,105,125)(H,112,113)(H,114,115)(H,116,117)(H,131,132)(H4,85,86,87)/t40-,41-,50-,51-,52-,53-,54-,55-,56-,57-,58-,59-,60-,67-,68-/m0/s1. The zero-order chi connectivity index (χ0) is 99.8. The topological polar surface area (TPSA) is 795 Å². The van der Waals surface area contributed by atoms with E-state index in [9.17, 15) is 127 Å². The molecule has 2 aromatic heterocycles. The zero-order valence-electron chi connectivity index (χ0n) is 73.6. The second kappa shape index (κ2) is 55.2. The summed E-state index contributed by atoms with van der Waals surface area (Å²) in [6.07, 6.45) is -1.46. The number of amides is 16. The van der Waals surface area contributed by atoms with E-state index in [0.717, 1.165) is 0 Å². The highest BCUT2D eigenvalue weighted by atomic mass is 32.1. The van der Waals surface area contributed by atoms with E-state index < -0.39 is 304 Å². The predicted octanol–water partition coefficient (Wildman–Crippen LogP) is -7.52. The number of rotatable bonds is 58. The molecule has 31 N–H and O–H groups in total. The van der Waals surface area contributed by atoms with Crippen LogP contribution in [0.1, 0.15) is 103 Å². The van der Waals surface area contributed by atoms with Gasteiger partial charge in [-0.15, -0.1) is 0 Å². The number of aliphatic hydroxyl groups is 2. The van der Waals surface area contributed by atoms with Crippen molar-refractivity contribution < 1.29 is 132 Å². The van der Waals surface area contributed by atoms with E-state index in [0.29, 0.717) is 32.9 Å². The lowest BCUT2D eigenvalue weighted by molar-refractivity contribution is -0.142. The Morgan fingerprint density at radius 3 is 1.22 bits per heavy atom. The number of aromatic nitrogens is 2. The summed E-state index contributed by atoms with van der Waals surface area (Å²) in [6, 6.07) is -4.59. The van der Waals surface area contributed by atoms with Crippen molar-refractivity contribution in [3.63, 3.8) is 0 Å². The van der Waals surface area contributed by atoms with Crippen LogP contribution in [0.15, 0.2) is 85.2 Å². The molecule has 49 nitrogen and oxygen atoms in total. The molecular formula is C83H116N22O27S2. The van der Waals surface area contributed by atoms with Crippen LogP contribution in [0.2, 0.25) is 0 Å². The lowest BCUT2D eigenvalue weighted by atomic mass is 9.96. The van der Waals surface area contributed by atoms with Crippen LogP contribution >= 0.6 is 25.3 Å². The first-order valence-corrected chi connectivity index (χ1v) is 43.5. The Balaban J connectivity index is 1.32. The molecule has 732 valence electrons. The van der Waals surface area contributed by atoms with Crippen LogP contribution in [0.3, 0.4) is 0 Å². The Kier molecular flexibility index (Phi) is 45.4. The van der Waals surface area contributed by atoms with Gasteiger partial charge in [0.1, 0.15) is 84.3 Å². The van der Waals surface area contributed by atoms with Crippen LogP contribution in [0, 0.1) is 17.2 Å². The fourth-order valence-corrected chi connectivity index (χ4v) is 13.6. The molecule has 0 fully saturated rings. The normalized spacial score (nSPS) is 14.4. The minimum Gasteiger partial charge on any atom is -0.508 e. The molecule has 15 atom stereocenters. The van der Waals surface area contributed by atoms with Gasteiger partial charge in [-0.25, -0.2) is 4.79 Å². The number of hydrogen-bond acceptors (Lipinski definition) is 27. The molecule has 134 heavy (non-hydrogen) atoms. The monoisotopic (exact) mass is 1920 g/mol. The fourth-order valence-electron chi connectivity index (χ4n) is 13.1. The van der Waals surface area contributed by atoms with Gasteiger partial charge < -0.3 is 148 Å². The number of H-pyrrole nitrogens is 2. The molecule has 0 saturated heterocycles. The fraction of sp³-hybridized carbons (Fsp3) is 0.482. The number of carboxylic acid groups (broad SMARTS) is 4. The van der Waals surface area contributed by atoms with Gasteiger partial charge in [0.05, 0.1) is 45.3 Å². The van der Waals surface area contributed by atoms with Gasteiger partial charge in [0.25, 0.3) is 0 Å². The molecule has 0 spiro atoms. The maximum atomic E-state index is 15.1. The Hall–Kier alpha value is -14.2. The van der Waals surface area contributed by atoms with Crippen LogP contribution in [-0.4, -0.2) is 306 Å². The summed E-state index contributed by atoms with van der Waals surface area (Å²) in [6.45, 7) is 2.58. The Labute approximate surface area is 776 Å². The molecule has 0 aliphatic carbocycles. The molecule has 0 radical (unpaired) electrons. The largest absolute Gasteiger partial charge is 0.508 e. The van der Waals surface area contributed by atoms with Crippen LogP contribution < -0.4 is 102 Å². The number of nitrogens with two attached hydrogens (primary N) is 2. The Bertz CT molecular complexity index is 5020. The van der Waals surface area contributed by atoms with Gasteiger partial charge in [-0.3, -0.25) is 96.5 Å². The highest BCUT2D eigenvalue weighted by Gasteiger charge is 2.39. The molecule has 2 heterocycles. The number of nitrogens with one attached hydrogen (secondary N) is 20. The van der Waals surface area contributed by atoms with Crippen LogP contribution in [0.25, 0.3) is 21.8 Å². The summed E-state index contributed by atoms with van der Waals surface area (Å²) in [7, 11) is 0. The SMILES string of the molecule is CC[C@H](C)[C@H](NC(=O)[C@H](Cc1ccc(O)cc1)NC(=O)[C@H](CO)NC(=O)CNC(=O)[C@H](CS)NC(=O)[C@H](CC(=O)O)NC(=O)[C@H](Cc1c[nH]c2ccccc12)NC(=O)[C@H](Cc1c[nH]c2ccccc12)NC(=O)[C@H](CO)NC(=O)[C@H](CS)NC(=O)[C@@H](NC(=O)CNC(=O)[C@H](CCC(=O)O)NC(=O)[C@H](C)N)C(C)C)C(=O)N[C@@H](CCC(=O)O)C(=O)NCC(=O)N[C@@H](CCCNC(=N)N)C(=O)O. The summed E-state index contributed by atoms with van der Waals surface area (Å²) in [5.74, 6) is -26.5. The van der Waals surface area contributed by atoms with E-state index in [4.69, 9.17) is 16.9 Å². The second-order valence-corrected chi connectivity index (χ2v) is 32.1.